The maximum Gasteiger partial charge on any atom is 0.305 e. The van der Waals surface area contributed by atoms with E-state index in [-0.39, 0.29) is 19.1 Å². The van der Waals surface area contributed by atoms with Gasteiger partial charge in [-0.25, -0.2) is 0 Å². The lowest BCUT2D eigenvalue weighted by atomic mass is 10.1. The number of ether oxygens (including phenoxy) is 2. The van der Waals surface area contributed by atoms with Crippen LogP contribution in [0.5, 0.6) is 11.5 Å². The van der Waals surface area contributed by atoms with Gasteiger partial charge in [-0.2, -0.15) is 0 Å². The van der Waals surface area contributed by atoms with Gasteiger partial charge in [0.2, 0.25) is 6.79 Å². The molecule has 0 saturated heterocycles. The van der Waals surface area contributed by atoms with Crippen LogP contribution in [0.15, 0.2) is 35.7 Å². The van der Waals surface area contributed by atoms with Crippen LogP contribution in [0.4, 0.5) is 0 Å². The molecule has 114 valence electrons. The lowest BCUT2D eigenvalue weighted by Crippen LogP contribution is -2.29. The number of fused-ring (bicyclic) bond motifs is 1. The number of amides is 1. The number of thiophene rings is 1. The quantitative estimate of drug-likeness (QED) is 0.884. The van der Waals surface area contributed by atoms with Crippen molar-refractivity contribution in [3.05, 3.63) is 46.2 Å². The van der Waals surface area contributed by atoms with Gasteiger partial charge in [-0.3, -0.25) is 9.59 Å². The second-order valence-electron chi connectivity index (χ2n) is 4.71. The van der Waals surface area contributed by atoms with Crippen molar-refractivity contribution in [2.24, 2.45) is 0 Å². The second-order valence-corrected chi connectivity index (χ2v) is 5.69. The molecule has 0 bridgehead atoms. The summed E-state index contributed by atoms with van der Waals surface area (Å²) < 4.78 is 10.4. The normalized spacial score (nSPS) is 13.6. The first-order valence-electron chi connectivity index (χ1n) is 6.59. The molecule has 0 radical (unpaired) electrons. The number of aliphatic carboxylic acids is 1. The standard InChI is InChI=1S/C15H13NO5S/c17-14(18)7-10(13-2-1-5-22-13)16-15(19)9-3-4-11-12(6-9)21-8-20-11/h1-6,10H,7-8H2,(H,16,19)(H,17,18)/t10-/m0/s1. The summed E-state index contributed by atoms with van der Waals surface area (Å²) >= 11 is 1.41. The van der Waals surface area contributed by atoms with Crippen LogP contribution < -0.4 is 14.8 Å². The number of hydrogen-bond donors (Lipinski definition) is 2. The summed E-state index contributed by atoms with van der Waals surface area (Å²) in [7, 11) is 0. The van der Waals surface area contributed by atoms with E-state index in [1.165, 1.54) is 11.3 Å². The molecule has 0 saturated carbocycles. The van der Waals surface area contributed by atoms with Crippen molar-refractivity contribution in [2.75, 3.05) is 6.79 Å². The highest BCUT2D eigenvalue weighted by Gasteiger charge is 2.21. The number of benzene rings is 1. The Morgan fingerprint density at radius 3 is 2.82 bits per heavy atom. The fourth-order valence-corrected chi connectivity index (χ4v) is 2.94. The van der Waals surface area contributed by atoms with Crippen molar-refractivity contribution < 1.29 is 24.2 Å². The Bertz CT molecular complexity index is 698. The SMILES string of the molecule is O=C(O)C[C@H](NC(=O)c1ccc2c(c1)OCO2)c1cccs1. The van der Waals surface area contributed by atoms with Gasteiger partial charge in [-0.1, -0.05) is 6.07 Å². The highest BCUT2D eigenvalue weighted by Crippen LogP contribution is 2.32. The summed E-state index contributed by atoms with van der Waals surface area (Å²) in [5.41, 5.74) is 0.399. The minimum Gasteiger partial charge on any atom is -0.481 e. The molecule has 1 atom stereocenters. The molecule has 1 aliphatic rings. The zero-order valence-electron chi connectivity index (χ0n) is 11.4. The van der Waals surface area contributed by atoms with Crippen LogP contribution in [0.1, 0.15) is 27.7 Å². The Kier molecular flexibility index (Phi) is 3.97. The largest absolute Gasteiger partial charge is 0.481 e. The zero-order chi connectivity index (χ0) is 15.5. The summed E-state index contributed by atoms with van der Waals surface area (Å²) in [4.78, 5) is 24.1. The number of nitrogens with one attached hydrogen (secondary N) is 1. The first-order valence-corrected chi connectivity index (χ1v) is 7.47. The summed E-state index contributed by atoms with van der Waals surface area (Å²) in [6, 6.07) is 7.93. The van der Waals surface area contributed by atoms with Gasteiger partial charge in [0.15, 0.2) is 11.5 Å². The molecule has 6 nitrogen and oxygen atoms in total. The first kappa shape index (κ1) is 14.4. The van der Waals surface area contributed by atoms with Gasteiger partial charge in [-0.15, -0.1) is 11.3 Å². The Balaban J connectivity index is 1.77. The Labute approximate surface area is 130 Å². The van der Waals surface area contributed by atoms with Crippen molar-refractivity contribution in [2.45, 2.75) is 12.5 Å². The Morgan fingerprint density at radius 1 is 1.27 bits per heavy atom. The molecule has 1 aromatic heterocycles. The second kappa shape index (κ2) is 6.07. The Morgan fingerprint density at radius 2 is 2.09 bits per heavy atom. The van der Waals surface area contributed by atoms with E-state index >= 15 is 0 Å². The minimum absolute atomic E-state index is 0.136. The van der Waals surface area contributed by atoms with Gasteiger partial charge < -0.3 is 19.9 Å². The summed E-state index contributed by atoms with van der Waals surface area (Å²) in [6.45, 7) is 0.136. The van der Waals surface area contributed by atoms with Crippen LogP contribution in [0.2, 0.25) is 0 Å². The molecule has 2 aromatic rings. The van der Waals surface area contributed by atoms with Gasteiger partial charge >= 0.3 is 5.97 Å². The molecule has 1 aromatic carbocycles. The highest BCUT2D eigenvalue weighted by molar-refractivity contribution is 7.10. The third-order valence-corrected chi connectivity index (χ3v) is 4.19. The van der Waals surface area contributed by atoms with Crippen LogP contribution >= 0.6 is 11.3 Å². The molecule has 1 aliphatic heterocycles. The number of carboxylic acids is 1. The lowest BCUT2D eigenvalue weighted by Gasteiger charge is -2.15. The molecule has 2 heterocycles. The topological polar surface area (TPSA) is 84.9 Å². The summed E-state index contributed by atoms with van der Waals surface area (Å²) in [6.07, 6.45) is -0.170. The number of carbonyl (C=O) groups excluding carboxylic acids is 1. The van der Waals surface area contributed by atoms with E-state index in [9.17, 15) is 9.59 Å². The van der Waals surface area contributed by atoms with Crippen LogP contribution in [0.25, 0.3) is 0 Å². The number of carbonyl (C=O) groups is 2. The van der Waals surface area contributed by atoms with Crippen molar-refractivity contribution in [3.63, 3.8) is 0 Å². The monoisotopic (exact) mass is 319 g/mol. The lowest BCUT2D eigenvalue weighted by molar-refractivity contribution is -0.137. The van der Waals surface area contributed by atoms with Crippen molar-refractivity contribution >= 4 is 23.2 Å². The molecule has 0 unspecified atom stereocenters. The smallest absolute Gasteiger partial charge is 0.305 e. The van der Waals surface area contributed by atoms with Crippen molar-refractivity contribution in [3.8, 4) is 11.5 Å². The predicted molar refractivity (Wildman–Crippen MR) is 79.3 cm³/mol. The fraction of sp³-hybridized carbons (Fsp3) is 0.200. The zero-order valence-corrected chi connectivity index (χ0v) is 12.3. The van der Waals surface area contributed by atoms with E-state index < -0.39 is 12.0 Å². The number of carboxylic acid groups (broad SMARTS) is 1. The van der Waals surface area contributed by atoms with Gasteiger partial charge in [0.25, 0.3) is 5.91 Å². The fourth-order valence-electron chi connectivity index (χ4n) is 2.17. The molecule has 0 fully saturated rings. The van der Waals surface area contributed by atoms with Crippen LogP contribution in [0.3, 0.4) is 0 Å². The molecule has 0 aliphatic carbocycles. The first-order chi connectivity index (χ1) is 10.6. The molecule has 1 amide bonds. The van der Waals surface area contributed by atoms with E-state index in [0.29, 0.717) is 17.1 Å². The van der Waals surface area contributed by atoms with E-state index in [2.05, 4.69) is 5.32 Å². The van der Waals surface area contributed by atoms with Crippen LogP contribution in [-0.2, 0) is 4.79 Å². The van der Waals surface area contributed by atoms with E-state index in [4.69, 9.17) is 14.6 Å². The molecule has 22 heavy (non-hydrogen) atoms. The molecular formula is C15H13NO5S. The van der Waals surface area contributed by atoms with E-state index in [0.717, 1.165) is 4.88 Å². The van der Waals surface area contributed by atoms with Gasteiger partial charge in [-0.05, 0) is 29.6 Å². The Hall–Kier alpha value is -2.54. The van der Waals surface area contributed by atoms with Crippen molar-refractivity contribution in [1.82, 2.24) is 5.32 Å². The average molecular weight is 319 g/mol. The summed E-state index contributed by atoms with van der Waals surface area (Å²) in [5.74, 6) is -0.210. The highest BCUT2D eigenvalue weighted by atomic mass is 32.1. The maximum atomic E-state index is 12.3. The number of rotatable bonds is 5. The van der Waals surface area contributed by atoms with Gasteiger partial charge in [0.1, 0.15) is 0 Å². The van der Waals surface area contributed by atoms with Gasteiger partial charge in [0, 0.05) is 10.4 Å². The number of hydrogen-bond acceptors (Lipinski definition) is 5. The van der Waals surface area contributed by atoms with Gasteiger partial charge in [0.05, 0.1) is 12.5 Å². The summed E-state index contributed by atoms with van der Waals surface area (Å²) in [5, 5.41) is 13.6. The molecule has 3 rings (SSSR count). The van der Waals surface area contributed by atoms with E-state index in [1.54, 1.807) is 24.3 Å². The van der Waals surface area contributed by atoms with E-state index in [1.807, 2.05) is 11.4 Å². The molecule has 7 heteroatoms. The maximum absolute atomic E-state index is 12.3. The molecule has 2 N–H and O–H groups in total. The third-order valence-electron chi connectivity index (χ3n) is 3.21. The van der Waals surface area contributed by atoms with Crippen molar-refractivity contribution in [1.29, 1.82) is 0 Å². The van der Waals surface area contributed by atoms with Crippen LogP contribution in [0, 0.1) is 0 Å². The molecular weight excluding hydrogens is 306 g/mol. The molecule has 0 spiro atoms. The third kappa shape index (κ3) is 3.04. The predicted octanol–water partition coefficient (Wildman–Crippen LogP) is 2.42. The minimum atomic E-state index is -0.968. The van der Waals surface area contributed by atoms with Crippen LogP contribution in [-0.4, -0.2) is 23.8 Å². The average Bonchev–Trinajstić information content (AvgIpc) is 3.16.